The first kappa shape index (κ1) is 16.6. The van der Waals surface area contributed by atoms with Crippen LogP contribution in [0.2, 0.25) is 0 Å². The van der Waals surface area contributed by atoms with Crippen LogP contribution in [0.5, 0.6) is 5.75 Å². The maximum Gasteiger partial charge on any atom is 0.286 e. The Kier molecular flexibility index (Phi) is 5.20. The van der Waals surface area contributed by atoms with Gasteiger partial charge in [-0.2, -0.15) is 4.99 Å². The number of benzene rings is 1. The number of thioether (sulfide) groups is 1. The van der Waals surface area contributed by atoms with Crippen LogP contribution in [0.3, 0.4) is 0 Å². The molecule has 0 radical (unpaired) electrons. The molecule has 1 fully saturated rings. The molecule has 1 aromatic carbocycles. The van der Waals surface area contributed by atoms with Crippen molar-refractivity contribution >= 4 is 34.8 Å². The van der Waals surface area contributed by atoms with Crippen LogP contribution in [-0.2, 0) is 9.59 Å². The second kappa shape index (κ2) is 7.53. The molecule has 0 unspecified atom stereocenters. The minimum absolute atomic E-state index is 0.0291. The molecule has 2 aliphatic heterocycles. The largest absolute Gasteiger partial charge is 0.484 e. The summed E-state index contributed by atoms with van der Waals surface area (Å²) in [4.78, 5) is 29.6. The number of carbonyl (C=O) groups excluding carboxylic acids is 2. The Morgan fingerprint density at radius 1 is 1.25 bits per heavy atom. The predicted octanol–water partition coefficient (Wildman–Crippen LogP) is 2.01. The normalized spacial score (nSPS) is 19.5. The van der Waals surface area contributed by atoms with Gasteiger partial charge in [0.1, 0.15) is 5.75 Å². The standard InChI is InChI=1S/C17H19N3O3S/c18-17-19-16(22)14(24-17)10-12-4-6-13(7-5-12)23-11-15(21)20-8-2-1-3-9-20/h4-7,10H,1-3,8-9,11H2,(H2,18,19,22)/b14-10-. The SMILES string of the molecule is NC1=NC(=O)/C(=C/c2ccc(OCC(=O)N3CCCCC3)cc2)S1. The molecular weight excluding hydrogens is 326 g/mol. The summed E-state index contributed by atoms with van der Waals surface area (Å²) < 4.78 is 5.56. The highest BCUT2D eigenvalue weighted by atomic mass is 32.2. The van der Waals surface area contributed by atoms with E-state index in [9.17, 15) is 9.59 Å². The minimum atomic E-state index is -0.315. The van der Waals surface area contributed by atoms with Gasteiger partial charge in [-0.1, -0.05) is 12.1 Å². The summed E-state index contributed by atoms with van der Waals surface area (Å²) in [6, 6.07) is 7.22. The maximum absolute atomic E-state index is 12.1. The third-order valence-corrected chi connectivity index (χ3v) is 4.70. The summed E-state index contributed by atoms with van der Waals surface area (Å²) in [6.45, 7) is 1.70. The first-order chi connectivity index (χ1) is 11.6. The number of carbonyl (C=O) groups is 2. The fourth-order valence-corrected chi connectivity index (χ4v) is 3.30. The first-order valence-corrected chi connectivity index (χ1v) is 8.72. The minimum Gasteiger partial charge on any atom is -0.484 e. The third-order valence-electron chi connectivity index (χ3n) is 3.89. The van der Waals surface area contributed by atoms with Crippen LogP contribution in [-0.4, -0.2) is 41.6 Å². The lowest BCUT2D eigenvalue weighted by Gasteiger charge is -2.26. The van der Waals surface area contributed by atoms with Gasteiger partial charge in [-0.05, 0) is 54.8 Å². The van der Waals surface area contributed by atoms with Crippen molar-refractivity contribution in [2.45, 2.75) is 19.3 Å². The predicted molar refractivity (Wildman–Crippen MR) is 94.6 cm³/mol. The van der Waals surface area contributed by atoms with Gasteiger partial charge in [0, 0.05) is 13.1 Å². The van der Waals surface area contributed by atoms with E-state index in [-0.39, 0.29) is 23.6 Å². The molecule has 6 nitrogen and oxygen atoms in total. The van der Waals surface area contributed by atoms with Gasteiger partial charge in [0.05, 0.1) is 4.91 Å². The Morgan fingerprint density at radius 2 is 1.96 bits per heavy atom. The number of nitrogens with two attached hydrogens (primary N) is 1. The fraction of sp³-hybridized carbons (Fsp3) is 0.353. The van der Waals surface area contributed by atoms with Crippen LogP contribution in [0, 0.1) is 0 Å². The summed E-state index contributed by atoms with van der Waals surface area (Å²) >= 11 is 1.16. The van der Waals surface area contributed by atoms with E-state index in [1.165, 1.54) is 6.42 Å². The lowest BCUT2D eigenvalue weighted by atomic mass is 10.1. The quantitative estimate of drug-likeness (QED) is 0.844. The molecule has 2 amide bonds. The average Bonchev–Trinajstić information content (AvgIpc) is 2.92. The van der Waals surface area contributed by atoms with Gasteiger partial charge in [-0.15, -0.1) is 0 Å². The van der Waals surface area contributed by atoms with E-state index in [0.29, 0.717) is 10.7 Å². The zero-order chi connectivity index (χ0) is 16.9. The Hall–Kier alpha value is -2.28. The summed E-state index contributed by atoms with van der Waals surface area (Å²) in [5, 5.41) is 0.266. The molecule has 0 saturated carbocycles. The third kappa shape index (κ3) is 4.17. The van der Waals surface area contributed by atoms with Gasteiger partial charge >= 0.3 is 0 Å². The van der Waals surface area contributed by atoms with E-state index in [1.807, 2.05) is 17.0 Å². The summed E-state index contributed by atoms with van der Waals surface area (Å²) in [7, 11) is 0. The number of amides is 2. The Morgan fingerprint density at radius 3 is 2.58 bits per heavy atom. The molecule has 2 N–H and O–H groups in total. The number of piperidine rings is 1. The lowest BCUT2D eigenvalue weighted by molar-refractivity contribution is -0.134. The molecule has 7 heteroatoms. The van der Waals surface area contributed by atoms with Gasteiger partial charge < -0.3 is 15.4 Å². The molecule has 2 heterocycles. The van der Waals surface area contributed by atoms with Crippen molar-refractivity contribution in [3.8, 4) is 5.75 Å². The number of likely N-dealkylation sites (tertiary alicyclic amines) is 1. The van der Waals surface area contributed by atoms with E-state index >= 15 is 0 Å². The highest BCUT2D eigenvalue weighted by Gasteiger charge is 2.19. The van der Waals surface area contributed by atoms with Crippen LogP contribution in [0.1, 0.15) is 24.8 Å². The topological polar surface area (TPSA) is 85.0 Å². The van der Waals surface area contributed by atoms with Crippen LogP contribution < -0.4 is 10.5 Å². The number of aliphatic imine (C=N–C) groups is 1. The van der Waals surface area contributed by atoms with E-state index < -0.39 is 0 Å². The number of rotatable bonds is 4. The molecular formula is C17H19N3O3S. The molecule has 0 aromatic heterocycles. The zero-order valence-electron chi connectivity index (χ0n) is 13.2. The Bertz CT molecular complexity index is 692. The molecule has 0 atom stereocenters. The van der Waals surface area contributed by atoms with Crippen molar-refractivity contribution in [1.29, 1.82) is 0 Å². The summed E-state index contributed by atoms with van der Waals surface area (Å²) in [5.74, 6) is 0.343. The average molecular weight is 345 g/mol. The van der Waals surface area contributed by atoms with Crippen molar-refractivity contribution in [3.63, 3.8) is 0 Å². The maximum atomic E-state index is 12.1. The zero-order valence-corrected chi connectivity index (χ0v) is 14.1. The smallest absolute Gasteiger partial charge is 0.286 e. The molecule has 1 saturated heterocycles. The number of amidine groups is 1. The van der Waals surface area contributed by atoms with E-state index in [2.05, 4.69) is 4.99 Å². The van der Waals surface area contributed by atoms with Gasteiger partial charge in [0.15, 0.2) is 11.8 Å². The summed E-state index contributed by atoms with van der Waals surface area (Å²) in [5.41, 5.74) is 6.37. The number of hydrogen-bond acceptors (Lipinski definition) is 5. The lowest BCUT2D eigenvalue weighted by Crippen LogP contribution is -2.38. The fourth-order valence-electron chi connectivity index (χ4n) is 2.62. The molecule has 0 spiro atoms. The van der Waals surface area contributed by atoms with E-state index in [4.69, 9.17) is 10.5 Å². The monoisotopic (exact) mass is 345 g/mol. The molecule has 24 heavy (non-hydrogen) atoms. The Balaban J connectivity index is 1.54. The molecule has 0 aliphatic carbocycles. The van der Waals surface area contributed by atoms with Crippen molar-refractivity contribution in [1.82, 2.24) is 4.90 Å². The second-order valence-electron chi connectivity index (χ2n) is 5.67. The molecule has 0 bridgehead atoms. The summed E-state index contributed by atoms with van der Waals surface area (Å²) in [6.07, 6.45) is 5.07. The van der Waals surface area contributed by atoms with Crippen LogP contribution >= 0.6 is 11.8 Å². The van der Waals surface area contributed by atoms with Crippen molar-refractivity contribution in [3.05, 3.63) is 34.7 Å². The second-order valence-corrected chi connectivity index (χ2v) is 6.73. The van der Waals surface area contributed by atoms with Crippen molar-refractivity contribution < 1.29 is 14.3 Å². The molecule has 2 aliphatic rings. The number of nitrogens with zero attached hydrogens (tertiary/aromatic N) is 2. The van der Waals surface area contributed by atoms with Crippen molar-refractivity contribution in [2.24, 2.45) is 10.7 Å². The number of hydrogen-bond donors (Lipinski definition) is 1. The Labute approximate surface area is 144 Å². The van der Waals surface area contributed by atoms with Gasteiger partial charge in [0.2, 0.25) is 0 Å². The highest BCUT2D eigenvalue weighted by molar-refractivity contribution is 8.18. The van der Waals surface area contributed by atoms with E-state index in [0.717, 1.165) is 43.3 Å². The van der Waals surface area contributed by atoms with Crippen molar-refractivity contribution in [2.75, 3.05) is 19.7 Å². The highest BCUT2D eigenvalue weighted by Crippen LogP contribution is 2.26. The van der Waals surface area contributed by atoms with E-state index in [1.54, 1.807) is 18.2 Å². The number of ether oxygens (including phenoxy) is 1. The van der Waals surface area contributed by atoms with Crippen LogP contribution in [0.15, 0.2) is 34.2 Å². The van der Waals surface area contributed by atoms with Gasteiger partial charge in [-0.3, -0.25) is 9.59 Å². The van der Waals surface area contributed by atoms with Gasteiger partial charge in [-0.25, -0.2) is 0 Å². The first-order valence-electron chi connectivity index (χ1n) is 7.90. The van der Waals surface area contributed by atoms with Crippen LogP contribution in [0.25, 0.3) is 6.08 Å². The molecule has 1 aromatic rings. The molecule has 126 valence electrons. The van der Waals surface area contributed by atoms with Gasteiger partial charge in [0.25, 0.3) is 11.8 Å². The molecule has 3 rings (SSSR count). The van der Waals surface area contributed by atoms with Crippen LogP contribution in [0.4, 0.5) is 0 Å².